The van der Waals surface area contributed by atoms with Gasteiger partial charge < -0.3 is 28.4 Å². The maximum Gasteiger partial charge on any atom is 0.311 e. The van der Waals surface area contributed by atoms with E-state index in [1.54, 1.807) is 6.08 Å². The van der Waals surface area contributed by atoms with E-state index in [9.17, 15) is 4.79 Å². The van der Waals surface area contributed by atoms with Gasteiger partial charge in [-0.1, -0.05) is 172 Å². The minimum atomic E-state index is -1.12. The highest BCUT2D eigenvalue weighted by Gasteiger charge is 2.51. The summed E-state index contributed by atoms with van der Waals surface area (Å²) in [7, 11) is 0. The van der Waals surface area contributed by atoms with Crippen molar-refractivity contribution in [3.8, 4) is 0 Å². The summed E-state index contributed by atoms with van der Waals surface area (Å²) < 4.78 is 40.3. The molecule has 5 aromatic rings. The standard InChI is InChI=1S/C47H50O7/c1-4-31-49-43-42(50-32-36-21-11-6-12-22-36)41(53-46(54-45(48)35(3)5-2)44(43)51-33-37-23-13-7-14-24-37)34-52-47(38-25-15-8-16-26-38,39-27-17-9-18-28-39)40-29-19-10-20-30-40/h4,6-30,35,41-44,46H,1,5,31-34H2,2-3H3/t35?,41-,42-,43+,44+,46+/m1/s1. The first-order valence-electron chi connectivity index (χ1n) is 18.7. The van der Waals surface area contributed by atoms with E-state index in [1.807, 2.05) is 129 Å². The maximum absolute atomic E-state index is 13.5. The number of carbonyl (C=O) groups is 1. The van der Waals surface area contributed by atoms with Crippen molar-refractivity contribution in [3.05, 3.63) is 192 Å². The van der Waals surface area contributed by atoms with Crippen molar-refractivity contribution in [2.45, 2.75) is 69.8 Å². The van der Waals surface area contributed by atoms with Gasteiger partial charge in [-0.05, 0) is 34.2 Å². The minimum Gasteiger partial charge on any atom is -0.432 e. The van der Waals surface area contributed by atoms with Crippen molar-refractivity contribution < 1.29 is 33.2 Å². The number of rotatable bonds is 18. The molecular formula is C47H50O7. The second-order valence-electron chi connectivity index (χ2n) is 13.5. The Morgan fingerprint density at radius 2 is 1.11 bits per heavy atom. The van der Waals surface area contributed by atoms with Crippen molar-refractivity contribution in [1.82, 2.24) is 0 Å². The first-order valence-corrected chi connectivity index (χ1v) is 18.7. The van der Waals surface area contributed by atoms with Gasteiger partial charge >= 0.3 is 5.97 Å². The lowest BCUT2D eigenvalue weighted by Crippen LogP contribution is -2.62. The third-order valence-electron chi connectivity index (χ3n) is 9.82. The van der Waals surface area contributed by atoms with Crippen molar-refractivity contribution in [2.24, 2.45) is 5.92 Å². The Balaban J connectivity index is 1.42. The molecule has 7 heteroatoms. The molecule has 5 aromatic carbocycles. The fraction of sp³-hybridized carbons (Fsp3) is 0.298. The molecule has 6 rings (SSSR count). The molecular weight excluding hydrogens is 677 g/mol. The van der Waals surface area contributed by atoms with E-state index >= 15 is 0 Å². The Morgan fingerprint density at radius 1 is 0.667 bits per heavy atom. The largest absolute Gasteiger partial charge is 0.432 e. The van der Waals surface area contributed by atoms with Crippen LogP contribution < -0.4 is 0 Å². The fourth-order valence-corrected chi connectivity index (χ4v) is 6.76. The Morgan fingerprint density at radius 3 is 1.56 bits per heavy atom. The van der Waals surface area contributed by atoms with Crippen LogP contribution in [0.1, 0.15) is 48.1 Å². The molecule has 0 spiro atoms. The summed E-state index contributed by atoms with van der Waals surface area (Å²) in [6, 6.07) is 50.3. The van der Waals surface area contributed by atoms with Crippen LogP contribution in [0.5, 0.6) is 0 Å². The zero-order valence-corrected chi connectivity index (χ0v) is 31.1. The molecule has 0 bridgehead atoms. The highest BCUT2D eigenvalue weighted by atomic mass is 16.7. The maximum atomic E-state index is 13.5. The Bertz CT molecular complexity index is 1740. The van der Waals surface area contributed by atoms with Crippen LogP contribution >= 0.6 is 0 Å². The van der Waals surface area contributed by atoms with Gasteiger partial charge in [-0.2, -0.15) is 0 Å². The zero-order chi connectivity index (χ0) is 37.6. The van der Waals surface area contributed by atoms with Crippen LogP contribution in [0.4, 0.5) is 0 Å². The summed E-state index contributed by atoms with van der Waals surface area (Å²) in [6.07, 6.45) is -1.84. The van der Waals surface area contributed by atoms with Gasteiger partial charge in [-0.25, -0.2) is 0 Å². The molecule has 1 fully saturated rings. The Labute approximate surface area is 319 Å². The van der Waals surface area contributed by atoms with Gasteiger partial charge in [0, 0.05) is 0 Å². The summed E-state index contributed by atoms with van der Waals surface area (Å²) in [5, 5.41) is 0. The van der Waals surface area contributed by atoms with Crippen LogP contribution in [0.2, 0.25) is 0 Å². The van der Waals surface area contributed by atoms with Gasteiger partial charge in [0.15, 0.2) is 0 Å². The lowest BCUT2D eigenvalue weighted by Gasteiger charge is -2.46. The number of esters is 1. The second-order valence-corrected chi connectivity index (χ2v) is 13.5. The summed E-state index contributed by atoms with van der Waals surface area (Å²) in [5.74, 6) is -0.728. The second kappa shape index (κ2) is 19.4. The monoisotopic (exact) mass is 726 g/mol. The average molecular weight is 727 g/mol. The van der Waals surface area contributed by atoms with Crippen molar-refractivity contribution in [3.63, 3.8) is 0 Å². The quantitative estimate of drug-likeness (QED) is 0.0507. The van der Waals surface area contributed by atoms with E-state index in [0.29, 0.717) is 6.42 Å². The van der Waals surface area contributed by atoms with E-state index in [1.165, 1.54) is 0 Å². The molecule has 0 aliphatic carbocycles. The molecule has 7 nitrogen and oxygen atoms in total. The molecule has 0 N–H and O–H groups in total. The molecule has 0 amide bonds. The molecule has 0 saturated carbocycles. The topological polar surface area (TPSA) is 72.5 Å². The Kier molecular flexibility index (Phi) is 14.0. The van der Waals surface area contributed by atoms with Gasteiger partial charge in [0.1, 0.15) is 30.0 Å². The first-order chi connectivity index (χ1) is 26.5. The number of hydrogen-bond acceptors (Lipinski definition) is 7. The third kappa shape index (κ3) is 9.42. The number of benzene rings is 5. The third-order valence-corrected chi connectivity index (χ3v) is 9.82. The van der Waals surface area contributed by atoms with Gasteiger partial charge in [0.25, 0.3) is 0 Å². The minimum absolute atomic E-state index is 0.0505. The molecule has 280 valence electrons. The van der Waals surface area contributed by atoms with E-state index < -0.39 is 36.3 Å². The molecule has 0 radical (unpaired) electrons. The van der Waals surface area contributed by atoms with Crippen LogP contribution in [-0.4, -0.2) is 49.9 Å². The molecule has 6 atom stereocenters. The summed E-state index contributed by atoms with van der Waals surface area (Å²) in [5.41, 5.74) is 3.75. The lowest BCUT2D eigenvalue weighted by molar-refractivity contribution is -0.320. The van der Waals surface area contributed by atoms with Crippen molar-refractivity contribution in [2.75, 3.05) is 13.2 Å². The molecule has 0 aromatic heterocycles. The van der Waals surface area contributed by atoms with E-state index in [2.05, 4.69) is 43.0 Å². The summed E-state index contributed by atoms with van der Waals surface area (Å²) in [6.45, 7) is 8.50. The number of carbonyl (C=O) groups excluding carboxylic acids is 1. The predicted octanol–water partition coefficient (Wildman–Crippen LogP) is 9.05. The molecule has 1 heterocycles. The highest BCUT2D eigenvalue weighted by molar-refractivity contribution is 5.72. The molecule has 1 saturated heterocycles. The zero-order valence-electron chi connectivity index (χ0n) is 31.1. The number of hydrogen-bond donors (Lipinski definition) is 0. The predicted molar refractivity (Wildman–Crippen MR) is 209 cm³/mol. The SMILES string of the molecule is C=CCO[C@@H]1[C@H](OCc2ccccc2)[C@H](OC(=O)C(C)CC)O[C@H](COC(c2ccccc2)(c2ccccc2)c2ccccc2)[C@H]1OCc1ccccc1. The highest BCUT2D eigenvalue weighted by Crippen LogP contribution is 2.42. The summed E-state index contributed by atoms with van der Waals surface area (Å²) in [4.78, 5) is 13.5. The first kappa shape index (κ1) is 38.8. The molecule has 1 unspecified atom stereocenters. The lowest BCUT2D eigenvalue weighted by atomic mass is 9.80. The van der Waals surface area contributed by atoms with Crippen LogP contribution in [0.25, 0.3) is 0 Å². The fourth-order valence-electron chi connectivity index (χ4n) is 6.76. The average Bonchev–Trinajstić information content (AvgIpc) is 3.23. The van der Waals surface area contributed by atoms with Crippen LogP contribution in [0, 0.1) is 5.92 Å². The molecule has 1 aliphatic rings. The van der Waals surface area contributed by atoms with Crippen LogP contribution in [0.3, 0.4) is 0 Å². The van der Waals surface area contributed by atoms with Crippen molar-refractivity contribution >= 4 is 5.97 Å². The van der Waals surface area contributed by atoms with Crippen molar-refractivity contribution in [1.29, 1.82) is 0 Å². The normalized spacial score (nSPS) is 20.5. The van der Waals surface area contributed by atoms with Crippen LogP contribution in [0.15, 0.2) is 164 Å². The van der Waals surface area contributed by atoms with E-state index in [4.69, 9.17) is 28.4 Å². The molecule has 1 aliphatic heterocycles. The van der Waals surface area contributed by atoms with Gasteiger partial charge in [-0.15, -0.1) is 6.58 Å². The van der Waals surface area contributed by atoms with E-state index in [0.717, 1.165) is 27.8 Å². The number of ether oxygens (including phenoxy) is 6. The van der Waals surface area contributed by atoms with Gasteiger partial charge in [0.05, 0.1) is 32.3 Å². The molecule has 54 heavy (non-hydrogen) atoms. The van der Waals surface area contributed by atoms with Crippen LogP contribution in [-0.2, 0) is 52.0 Å². The Hall–Kier alpha value is -4.89. The smallest absolute Gasteiger partial charge is 0.311 e. The van der Waals surface area contributed by atoms with E-state index in [-0.39, 0.29) is 38.3 Å². The van der Waals surface area contributed by atoms with Gasteiger partial charge in [0.2, 0.25) is 6.29 Å². The summed E-state index contributed by atoms with van der Waals surface area (Å²) >= 11 is 0. The van der Waals surface area contributed by atoms with Gasteiger partial charge in [-0.3, -0.25) is 4.79 Å².